The van der Waals surface area contributed by atoms with Crippen LogP contribution in [0.25, 0.3) is 0 Å². The molecule has 2 bridgehead atoms. The number of anilines is 1. The van der Waals surface area contributed by atoms with Crippen molar-refractivity contribution in [1.82, 2.24) is 4.90 Å². The van der Waals surface area contributed by atoms with Gasteiger partial charge in [0, 0.05) is 5.69 Å². The van der Waals surface area contributed by atoms with Gasteiger partial charge in [0.25, 0.3) is 0 Å². The largest absolute Gasteiger partial charge is 0.324 e. The zero-order valence-corrected chi connectivity index (χ0v) is 20.6. The summed E-state index contributed by atoms with van der Waals surface area (Å²) in [6.07, 6.45) is 0. The van der Waals surface area contributed by atoms with Crippen LogP contribution in [0.1, 0.15) is 34.7 Å². The molecule has 3 aliphatic carbocycles. The van der Waals surface area contributed by atoms with Crippen LogP contribution in [0.5, 0.6) is 0 Å². The Morgan fingerprint density at radius 3 is 1.71 bits per heavy atom. The number of amides is 3. The third-order valence-corrected chi connectivity index (χ3v) is 8.96. The van der Waals surface area contributed by atoms with E-state index in [9.17, 15) is 14.4 Å². The molecule has 35 heavy (non-hydrogen) atoms. The van der Waals surface area contributed by atoms with Gasteiger partial charge in [-0.25, -0.2) is 0 Å². The highest BCUT2D eigenvalue weighted by atomic mass is 35.5. The number of imide groups is 1. The predicted molar refractivity (Wildman–Crippen MR) is 134 cm³/mol. The van der Waals surface area contributed by atoms with Gasteiger partial charge in [0.15, 0.2) is 0 Å². The van der Waals surface area contributed by atoms with Gasteiger partial charge < -0.3 is 5.32 Å². The summed E-state index contributed by atoms with van der Waals surface area (Å²) in [5.74, 6) is -3.25. The minimum absolute atomic E-state index is 0.453. The highest BCUT2D eigenvalue weighted by Crippen LogP contribution is 2.69. The average molecular weight is 505 g/mol. The van der Waals surface area contributed by atoms with E-state index in [1.54, 1.807) is 13.0 Å². The van der Waals surface area contributed by atoms with Crippen LogP contribution < -0.4 is 5.32 Å². The molecule has 3 aromatic rings. The topological polar surface area (TPSA) is 66.5 Å². The standard InChI is InChI=1S/C28H22Cl2N2O3/c1-15-8-7-9-17(14-15)31-24(33)16(2)32-25(34)22-23(26(32)35)28(30)19-11-4-3-10-18(19)27(22,29)20-12-5-6-13-21(20)28/h3-14,16,22-23H,1-2H3,(H,31,33)/t16-,22-,23+,27?,28?/m1/s1. The van der Waals surface area contributed by atoms with Crippen molar-refractivity contribution in [3.05, 3.63) is 101 Å². The van der Waals surface area contributed by atoms with Crippen molar-refractivity contribution in [1.29, 1.82) is 0 Å². The van der Waals surface area contributed by atoms with Gasteiger partial charge in [0.2, 0.25) is 17.7 Å². The molecule has 7 rings (SSSR count). The number of alkyl halides is 2. The molecule has 176 valence electrons. The molecular weight excluding hydrogens is 483 g/mol. The van der Waals surface area contributed by atoms with Crippen molar-refractivity contribution in [3.8, 4) is 0 Å². The Bertz CT molecular complexity index is 1310. The number of carbonyl (C=O) groups excluding carboxylic acids is 3. The molecule has 1 aliphatic heterocycles. The van der Waals surface area contributed by atoms with Gasteiger partial charge >= 0.3 is 0 Å². The third kappa shape index (κ3) is 2.74. The molecule has 0 spiro atoms. The summed E-state index contributed by atoms with van der Waals surface area (Å²) in [5, 5.41) is 2.82. The summed E-state index contributed by atoms with van der Waals surface area (Å²) in [6.45, 7) is 3.48. The lowest BCUT2D eigenvalue weighted by atomic mass is 9.54. The first-order valence-corrected chi connectivity index (χ1v) is 12.3. The van der Waals surface area contributed by atoms with Crippen molar-refractivity contribution in [2.45, 2.75) is 29.6 Å². The monoisotopic (exact) mass is 504 g/mol. The summed E-state index contributed by atoms with van der Waals surface area (Å²) in [5.41, 5.74) is 4.51. The predicted octanol–water partition coefficient (Wildman–Crippen LogP) is 4.92. The molecule has 0 aromatic heterocycles. The molecule has 0 saturated carbocycles. The van der Waals surface area contributed by atoms with E-state index in [0.29, 0.717) is 5.69 Å². The number of halogens is 2. The summed E-state index contributed by atoms with van der Waals surface area (Å²) in [4.78, 5) is 39.6. The Kier molecular flexibility index (Phi) is 4.73. The van der Waals surface area contributed by atoms with E-state index in [4.69, 9.17) is 23.2 Å². The molecule has 0 radical (unpaired) electrons. The Hall–Kier alpha value is -3.15. The Morgan fingerprint density at radius 1 is 0.829 bits per heavy atom. The molecule has 1 fully saturated rings. The number of nitrogens with one attached hydrogen (secondary N) is 1. The fourth-order valence-corrected chi connectivity index (χ4v) is 7.25. The second-order valence-corrected chi connectivity index (χ2v) is 10.7. The number of aryl methyl sites for hydroxylation is 1. The van der Waals surface area contributed by atoms with Crippen LogP contribution in [-0.2, 0) is 24.1 Å². The minimum Gasteiger partial charge on any atom is -0.324 e. The van der Waals surface area contributed by atoms with Crippen LogP contribution in [0.15, 0.2) is 72.8 Å². The second kappa shape index (κ2) is 7.42. The molecule has 7 heteroatoms. The maximum absolute atomic E-state index is 13.9. The molecule has 1 N–H and O–H groups in total. The average Bonchev–Trinajstić information content (AvgIpc) is 3.13. The lowest BCUT2D eigenvalue weighted by Gasteiger charge is -2.54. The summed E-state index contributed by atoms with van der Waals surface area (Å²) < 4.78 is 0. The van der Waals surface area contributed by atoms with Crippen molar-refractivity contribution in [3.63, 3.8) is 0 Å². The number of benzene rings is 3. The van der Waals surface area contributed by atoms with Crippen molar-refractivity contribution in [2.24, 2.45) is 11.8 Å². The number of hydrogen-bond donors (Lipinski definition) is 1. The first-order valence-electron chi connectivity index (χ1n) is 11.5. The first kappa shape index (κ1) is 22.3. The van der Waals surface area contributed by atoms with Gasteiger partial charge in [0.1, 0.15) is 15.8 Å². The number of carbonyl (C=O) groups is 3. The van der Waals surface area contributed by atoms with Crippen LogP contribution in [-0.4, -0.2) is 28.7 Å². The smallest absolute Gasteiger partial charge is 0.247 e. The van der Waals surface area contributed by atoms with E-state index >= 15 is 0 Å². The van der Waals surface area contributed by atoms with E-state index in [1.807, 2.05) is 73.7 Å². The quantitative estimate of drug-likeness (QED) is 0.406. The third-order valence-electron chi connectivity index (χ3n) is 7.67. The highest BCUT2D eigenvalue weighted by molar-refractivity contribution is 6.36. The maximum Gasteiger partial charge on any atom is 0.247 e. The van der Waals surface area contributed by atoms with Gasteiger partial charge in [-0.05, 0) is 53.8 Å². The van der Waals surface area contributed by atoms with Gasteiger partial charge in [0.05, 0.1) is 11.8 Å². The fraction of sp³-hybridized carbons (Fsp3) is 0.250. The van der Waals surface area contributed by atoms with E-state index in [0.717, 1.165) is 32.7 Å². The number of nitrogens with zero attached hydrogens (tertiary/aromatic N) is 1. The lowest BCUT2D eigenvalue weighted by Crippen LogP contribution is -2.57. The highest BCUT2D eigenvalue weighted by Gasteiger charge is 2.73. The van der Waals surface area contributed by atoms with Crippen molar-refractivity contribution in [2.75, 3.05) is 5.32 Å². The van der Waals surface area contributed by atoms with E-state index in [-0.39, 0.29) is 0 Å². The van der Waals surface area contributed by atoms with Gasteiger partial charge in [-0.3, -0.25) is 19.3 Å². The van der Waals surface area contributed by atoms with Crippen LogP contribution in [0.3, 0.4) is 0 Å². The molecule has 3 atom stereocenters. The zero-order valence-electron chi connectivity index (χ0n) is 19.1. The van der Waals surface area contributed by atoms with Crippen LogP contribution in [0.4, 0.5) is 5.69 Å². The van der Waals surface area contributed by atoms with Crippen molar-refractivity contribution >= 4 is 46.6 Å². The van der Waals surface area contributed by atoms with Crippen LogP contribution in [0, 0.1) is 18.8 Å². The van der Waals surface area contributed by atoms with Gasteiger partial charge in [-0.15, -0.1) is 23.2 Å². The fourth-order valence-electron chi connectivity index (χ4n) is 6.16. The first-order chi connectivity index (χ1) is 16.7. The summed E-state index contributed by atoms with van der Waals surface area (Å²) in [7, 11) is 0. The Morgan fingerprint density at radius 2 is 1.29 bits per heavy atom. The summed E-state index contributed by atoms with van der Waals surface area (Å²) in [6, 6.07) is 21.2. The minimum atomic E-state index is -1.26. The van der Waals surface area contributed by atoms with Crippen molar-refractivity contribution < 1.29 is 14.4 Å². The van der Waals surface area contributed by atoms with Gasteiger partial charge in [-0.2, -0.15) is 0 Å². The number of likely N-dealkylation sites (tertiary alicyclic amines) is 1. The SMILES string of the molecule is Cc1cccc(NC(=O)[C@@H](C)N2C(=O)[C@@H]3[C@H](C2=O)C2(Cl)c4ccccc4C3(Cl)c3ccccc32)c1. The van der Waals surface area contributed by atoms with Crippen LogP contribution >= 0.6 is 23.2 Å². The normalized spacial score (nSPS) is 28.9. The van der Waals surface area contributed by atoms with E-state index in [2.05, 4.69) is 5.32 Å². The molecule has 3 aromatic carbocycles. The number of hydrogen-bond acceptors (Lipinski definition) is 3. The van der Waals surface area contributed by atoms with E-state index in [1.165, 1.54) is 0 Å². The molecule has 5 nitrogen and oxygen atoms in total. The van der Waals surface area contributed by atoms with Gasteiger partial charge in [-0.1, -0.05) is 60.7 Å². The summed E-state index contributed by atoms with van der Waals surface area (Å²) >= 11 is 14.8. The molecule has 3 amide bonds. The maximum atomic E-state index is 13.9. The van der Waals surface area contributed by atoms with Crippen LogP contribution in [0.2, 0.25) is 0 Å². The number of rotatable bonds is 3. The lowest BCUT2D eigenvalue weighted by molar-refractivity contribution is -0.146. The molecule has 0 unspecified atom stereocenters. The Balaban J connectivity index is 1.46. The zero-order chi connectivity index (χ0) is 24.7. The molecule has 1 saturated heterocycles. The Labute approximate surface area is 213 Å². The van der Waals surface area contributed by atoms with E-state index < -0.39 is 45.3 Å². The molecular formula is C28H22Cl2N2O3. The molecule has 1 heterocycles. The molecule has 4 aliphatic rings. The second-order valence-electron chi connectivity index (χ2n) is 9.55.